The van der Waals surface area contributed by atoms with E-state index in [1.54, 1.807) is 0 Å². The van der Waals surface area contributed by atoms with E-state index in [1.807, 2.05) is 25.3 Å². The molecule has 1 amide bonds. The van der Waals surface area contributed by atoms with Crippen LogP contribution in [0.1, 0.15) is 17.2 Å². The molecule has 4 atom stereocenters. The molecule has 24 heavy (non-hydrogen) atoms. The lowest BCUT2D eigenvalue weighted by Gasteiger charge is -2.22. The van der Waals surface area contributed by atoms with Crippen molar-refractivity contribution in [1.29, 1.82) is 0 Å². The highest BCUT2D eigenvalue weighted by Crippen LogP contribution is 2.45. The predicted octanol–water partition coefficient (Wildman–Crippen LogP) is 2.61. The van der Waals surface area contributed by atoms with Gasteiger partial charge in [-0.25, -0.2) is 0 Å². The third-order valence-electron chi connectivity index (χ3n) is 4.78. The topological polar surface area (TPSA) is 53.2 Å². The van der Waals surface area contributed by atoms with Crippen molar-refractivity contribution < 1.29 is 4.79 Å². The minimum absolute atomic E-state index is 0.0327. The van der Waals surface area contributed by atoms with Gasteiger partial charge in [-0.3, -0.25) is 4.79 Å². The van der Waals surface area contributed by atoms with Crippen LogP contribution in [0.2, 0.25) is 0 Å². The van der Waals surface area contributed by atoms with Gasteiger partial charge in [0.25, 0.3) is 5.91 Å². The molecule has 0 aromatic heterocycles. The summed E-state index contributed by atoms with van der Waals surface area (Å²) < 4.78 is 0.608. The van der Waals surface area contributed by atoms with Gasteiger partial charge in [-0.2, -0.15) is 0 Å². The quantitative estimate of drug-likeness (QED) is 0.753. The Bertz CT molecular complexity index is 764. The molecular weight excluding hydrogens is 365 g/mol. The molecule has 2 heterocycles. The maximum Gasteiger partial charge on any atom is 0.267 e. The molecule has 7 heteroatoms. The van der Waals surface area contributed by atoms with Gasteiger partial charge in [-0.15, -0.1) is 11.8 Å². The second kappa shape index (κ2) is 6.30. The molecule has 0 bridgehead atoms. The van der Waals surface area contributed by atoms with Crippen LogP contribution in [-0.4, -0.2) is 30.3 Å². The zero-order chi connectivity index (χ0) is 16.8. The molecule has 4 rings (SSSR count). The number of rotatable bonds is 3. The lowest BCUT2D eigenvalue weighted by Crippen LogP contribution is -2.44. The van der Waals surface area contributed by atoms with E-state index in [9.17, 15) is 4.79 Å². The average Bonchev–Trinajstić information content (AvgIpc) is 3.21. The summed E-state index contributed by atoms with van der Waals surface area (Å²) in [5, 5.41) is 10.3. The molecule has 0 radical (unpaired) electrons. The Morgan fingerprint density at radius 1 is 1.33 bits per heavy atom. The first-order valence-electron chi connectivity index (χ1n) is 7.84. The summed E-state index contributed by atoms with van der Waals surface area (Å²) >= 11 is 13.7. The number of amides is 1. The van der Waals surface area contributed by atoms with Crippen molar-refractivity contribution in [2.75, 3.05) is 7.05 Å². The van der Waals surface area contributed by atoms with Gasteiger partial charge in [0, 0.05) is 0 Å². The summed E-state index contributed by atoms with van der Waals surface area (Å²) in [7, 11) is 1.92. The molecule has 4 nitrogen and oxygen atoms in total. The minimum Gasteiger partial charge on any atom is -0.372 e. The number of nitrogens with one attached hydrogen (secondary N) is 3. The van der Waals surface area contributed by atoms with Crippen LogP contribution in [0.5, 0.6) is 0 Å². The molecule has 2 unspecified atom stereocenters. The Hall–Kier alpha value is -1.14. The largest absolute Gasteiger partial charge is 0.372 e. The summed E-state index contributed by atoms with van der Waals surface area (Å²) in [6, 6.07) is 8.36. The highest BCUT2D eigenvalue weighted by molar-refractivity contribution is 8.05. The number of thioether (sulfide) groups is 1. The lowest BCUT2D eigenvalue weighted by atomic mass is 10.1. The second-order valence-electron chi connectivity index (χ2n) is 6.16. The van der Waals surface area contributed by atoms with Crippen molar-refractivity contribution in [3.8, 4) is 0 Å². The molecule has 0 spiro atoms. The Balaban J connectivity index is 1.46. The average molecular weight is 382 g/mol. The van der Waals surface area contributed by atoms with Crippen molar-refractivity contribution >= 4 is 40.9 Å². The molecule has 3 N–H and O–H groups in total. The van der Waals surface area contributed by atoms with Crippen molar-refractivity contribution in [3.63, 3.8) is 0 Å². The zero-order valence-electron chi connectivity index (χ0n) is 13.0. The van der Waals surface area contributed by atoms with E-state index in [1.165, 1.54) is 22.9 Å². The van der Waals surface area contributed by atoms with Crippen LogP contribution in [0.25, 0.3) is 0 Å². The monoisotopic (exact) mass is 381 g/mol. The fourth-order valence-electron chi connectivity index (χ4n) is 3.64. The van der Waals surface area contributed by atoms with Crippen LogP contribution in [0.4, 0.5) is 0 Å². The van der Waals surface area contributed by atoms with E-state index in [-0.39, 0.29) is 29.3 Å². The van der Waals surface area contributed by atoms with E-state index in [0.29, 0.717) is 15.1 Å². The number of carbonyl (C=O) groups is 1. The van der Waals surface area contributed by atoms with Gasteiger partial charge in [0.05, 0.1) is 38.5 Å². The zero-order valence-corrected chi connectivity index (χ0v) is 15.3. The number of hydrogen-bond donors (Lipinski definition) is 3. The number of benzene rings is 1. The second-order valence-corrected chi connectivity index (χ2v) is 8.35. The third-order valence-corrected chi connectivity index (χ3v) is 6.99. The number of halogens is 2. The standard InChI is InChI=1S/C17H17Cl2N3OS/c1-20-14-9-5-3-2-4-8(9)6-10(14)22-17(23)11-7-12-15(21-11)13(18)16(19)24-12/h2-5,7,10,12,14-15,20-21H,6H2,1H3,(H,22,23)/t10-,12?,14+,15?/m1/s1. The first-order valence-corrected chi connectivity index (χ1v) is 9.48. The SMILES string of the molecule is CN[C@H]1c2ccccc2C[C@H]1NC(=O)C1=CC2SC(Cl)=C(Cl)C2N1. The first kappa shape index (κ1) is 16.3. The Morgan fingerprint density at radius 2 is 2.12 bits per heavy atom. The molecule has 0 saturated heterocycles. The van der Waals surface area contributed by atoms with Gasteiger partial charge < -0.3 is 16.0 Å². The summed E-state index contributed by atoms with van der Waals surface area (Å²) in [5.41, 5.74) is 3.11. The number of likely N-dealkylation sites (N-methyl/N-ethyl adjacent to an activating group) is 1. The van der Waals surface area contributed by atoms with Gasteiger partial charge in [0.1, 0.15) is 0 Å². The third kappa shape index (κ3) is 2.64. The summed E-state index contributed by atoms with van der Waals surface area (Å²) in [4.78, 5) is 12.7. The minimum atomic E-state index is -0.0938. The van der Waals surface area contributed by atoms with Crippen molar-refractivity contribution in [1.82, 2.24) is 16.0 Å². The predicted molar refractivity (Wildman–Crippen MR) is 99.0 cm³/mol. The smallest absolute Gasteiger partial charge is 0.267 e. The normalized spacial score (nSPS) is 30.7. The van der Waals surface area contributed by atoms with Crippen LogP contribution < -0.4 is 16.0 Å². The van der Waals surface area contributed by atoms with Crippen LogP contribution in [0.15, 0.2) is 45.4 Å². The van der Waals surface area contributed by atoms with Gasteiger partial charge in [-0.05, 0) is 30.7 Å². The lowest BCUT2D eigenvalue weighted by molar-refractivity contribution is -0.118. The number of carbonyl (C=O) groups excluding carboxylic acids is 1. The van der Waals surface area contributed by atoms with E-state index in [2.05, 4.69) is 28.1 Å². The molecule has 3 aliphatic rings. The van der Waals surface area contributed by atoms with E-state index in [0.717, 1.165) is 6.42 Å². The van der Waals surface area contributed by atoms with Crippen LogP contribution in [0, 0.1) is 0 Å². The molecule has 1 aliphatic carbocycles. The highest BCUT2D eigenvalue weighted by Gasteiger charge is 2.40. The summed E-state index contributed by atoms with van der Waals surface area (Å²) in [6.45, 7) is 0. The van der Waals surface area contributed by atoms with Gasteiger partial charge in [0.15, 0.2) is 0 Å². The highest BCUT2D eigenvalue weighted by atomic mass is 35.5. The fourth-order valence-corrected chi connectivity index (χ4v) is 5.49. The van der Waals surface area contributed by atoms with E-state index >= 15 is 0 Å². The molecule has 0 fully saturated rings. The molecule has 2 aliphatic heterocycles. The summed E-state index contributed by atoms with van der Waals surface area (Å²) in [5.74, 6) is -0.0938. The maximum atomic E-state index is 12.7. The van der Waals surface area contributed by atoms with E-state index < -0.39 is 0 Å². The maximum absolute atomic E-state index is 12.7. The van der Waals surface area contributed by atoms with Crippen LogP contribution in [0.3, 0.4) is 0 Å². The Labute approximate surface area is 155 Å². The van der Waals surface area contributed by atoms with Crippen LogP contribution >= 0.6 is 35.0 Å². The van der Waals surface area contributed by atoms with Crippen molar-refractivity contribution in [2.24, 2.45) is 0 Å². The number of hydrogen-bond acceptors (Lipinski definition) is 4. The molecule has 1 aromatic carbocycles. The molecule has 0 saturated carbocycles. The number of fused-ring (bicyclic) bond motifs is 2. The van der Waals surface area contributed by atoms with Gasteiger partial charge >= 0.3 is 0 Å². The molecular formula is C17H17Cl2N3OS. The van der Waals surface area contributed by atoms with Gasteiger partial charge in [0.2, 0.25) is 0 Å². The first-order chi connectivity index (χ1) is 11.6. The van der Waals surface area contributed by atoms with Crippen LogP contribution in [-0.2, 0) is 11.2 Å². The van der Waals surface area contributed by atoms with E-state index in [4.69, 9.17) is 23.2 Å². The molecule has 1 aromatic rings. The molecule has 126 valence electrons. The summed E-state index contributed by atoms with van der Waals surface area (Å²) in [6.07, 6.45) is 2.74. The fraction of sp³-hybridized carbons (Fsp3) is 0.353. The van der Waals surface area contributed by atoms with Crippen molar-refractivity contribution in [2.45, 2.75) is 29.8 Å². The Morgan fingerprint density at radius 3 is 2.88 bits per heavy atom. The van der Waals surface area contributed by atoms with Crippen molar-refractivity contribution in [3.05, 3.63) is 56.6 Å². The Kier molecular flexibility index (Phi) is 4.29. The van der Waals surface area contributed by atoms with Gasteiger partial charge in [-0.1, -0.05) is 47.5 Å².